The van der Waals surface area contributed by atoms with Gasteiger partial charge in [0.25, 0.3) is 0 Å². The minimum atomic E-state index is -0.952. The number of aryl methyl sites for hydroxylation is 1. The van der Waals surface area contributed by atoms with Crippen LogP contribution in [-0.2, 0) is 22.4 Å². The van der Waals surface area contributed by atoms with Gasteiger partial charge in [0.05, 0.1) is 18.4 Å². The monoisotopic (exact) mass is 423 g/mol. The molecule has 1 saturated carbocycles. The van der Waals surface area contributed by atoms with E-state index in [1.54, 1.807) is 0 Å². The third kappa shape index (κ3) is 5.07. The van der Waals surface area contributed by atoms with Crippen molar-refractivity contribution in [3.63, 3.8) is 0 Å². The van der Waals surface area contributed by atoms with Crippen molar-refractivity contribution in [3.05, 3.63) is 59.3 Å². The fourth-order valence-corrected chi connectivity index (χ4v) is 3.80. The lowest BCUT2D eigenvalue weighted by atomic mass is 9.99. The number of nitrogens with zero attached hydrogens (tertiary/aromatic N) is 1. The Morgan fingerprint density at radius 2 is 1.94 bits per heavy atom. The third-order valence-electron chi connectivity index (χ3n) is 5.52. The van der Waals surface area contributed by atoms with E-state index in [2.05, 4.69) is 4.98 Å². The van der Waals surface area contributed by atoms with Crippen LogP contribution in [0.5, 0.6) is 5.75 Å². The number of fused-ring (bicyclic) bond motifs is 1. The summed E-state index contributed by atoms with van der Waals surface area (Å²) in [6.07, 6.45) is 2.28. The van der Waals surface area contributed by atoms with E-state index < -0.39 is 12.1 Å². The standard InChI is InChI=1S/C25H29NO5/c1-15(2)30-23(25(27)28)14-18-10-11-22(20-7-5-4-6-19(18)20)29-13-12-21-16(3)31-24(26-21)17-8-9-17/h4-7,10-11,15,17,23H,8-9,12-14H2,1-3H3,(H,27,28). The van der Waals surface area contributed by atoms with Crippen LogP contribution in [0.1, 0.15) is 55.5 Å². The van der Waals surface area contributed by atoms with Crippen molar-refractivity contribution in [3.8, 4) is 5.75 Å². The van der Waals surface area contributed by atoms with E-state index in [1.807, 2.05) is 57.2 Å². The van der Waals surface area contributed by atoms with Crippen molar-refractivity contribution < 1.29 is 23.8 Å². The SMILES string of the molecule is Cc1oc(C2CC2)nc1CCOc1ccc(CC(OC(C)C)C(=O)O)c2ccccc12. The molecule has 0 amide bonds. The fraction of sp³-hybridized carbons (Fsp3) is 0.440. The fourth-order valence-electron chi connectivity index (χ4n) is 3.80. The van der Waals surface area contributed by atoms with Gasteiger partial charge in [-0.25, -0.2) is 9.78 Å². The van der Waals surface area contributed by atoms with Crippen LogP contribution in [0.15, 0.2) is 40.8 Å². The second-order valence-electron chi connectivity index (χ2n) is 8.41. The Morgan fingerprint density at radius 3 is 2.61 bits per heavy atom. The van der Waals surface area contributed by atoms with Crippen LogP contribution >= 0.6 is 0 Å². The minimum Gasteiger partial charge on any atom is -0.493 e. The van der Waals surface area contributed by atoms with Crippen LogP contribution in [-0.4, -0.2) is 34.9 Å². The van der Waals surface area contributed by atoms with Gasteiger partial charge in [0.2, 0.25) is 0 Å². The molecule has 3 aromatic rings. The highest BCUT2D eigenvalue weighted by Crippen LogP contribution is 2.40. The molecule has 0 radical (unpaired) electrons. The van der Waals surface area contributed by atoms with Gasteiger partial charge in [0, 0.05) is 24.1 Å². The number of ether oxygens (including phenoxy) is 2. The zero-order valence-electron chi connectivity index (χ0n) is 18.3. The van der Waals surface area contributed by atoms with E-state index in [1.165, 1.54) is 12.8 Å². The maximum Gasteiger partial charge on any atom is 0.333 e. The molecule has 0 spiro atoms. The first-order valence-corrected chi connectivity index (χ1v) is 10.9. The second kappa shape index (κ2) is 9.10. The van der Waals surface area contributed by atoms with E-state index in [4.69, 9.17) is 13.9 Å². The first kappa shape index (κ1) is 21.4. The zero-order chi connectivity index (χ0) is 22.0. The summed E-state index contributed by atoms with van der Waals surface area (Å²) in [5.74, 6) is 2.06. The lowest BCUT2D eigenvalue weighted by Crippen LogP contribution is -2.29. The molecule has 1 aliphatic carbocycles. The normalized spacial score (nSPS) is 14.8. The van der Waals surface area contributed by atoms with E-state index in [0.717, 1.165) is 39.4 Å². The molecule has 1 fully saturated rings. The summed E-state index contributed by atoms with van der Waals surface area (Å²) >= 11 is 0. The number of carboxylic acids is 1. The summed E-state index contributed by atoms with van der Waals surface area (Å²) in [5.41, 5.74) is 1.88. The second-order valence-corrected chi connectivity index (χ2v) is 8.41. The van der Waals surface area contributed by atoms with Crippen molar-refractivity contribution in [1.29, 1.82) is 0 Å². The molecule has 0 saturated heterocycles. The molecule has 1 atom stereocenters. The Kier molecular flexibility index (Phi) is 6.28. The summed E-state index contributed by atoms with van der Waals surface area (Å²) in [6.45, 7) is 6.13. The van der Waals surface area contributed by atoms with Gasteiger partial charge in [-0.3, -0.25) is 0 Å². The predicted octanol–water partition coefficient (Wildman–Crippen LogP) is 5.06. The Balaban J connectivity index is 1.49. The highest BCUT2D eigenvalue weighted by molar-refractivity contribution is 5.91. The van der Waals surface area contributed by atoms with Crippen molar-refractivity contribution >= 4 is 16.7 Å². The third-order valence-corrected chi connectivity index (χ3v) is 5.52. The van der Waals surface area contributed by atoms with Crippen LogP contribution in [0, 0.1) is 6.92 Å². The summed E-state index contributed by atoms with van der Waals surface area (Å²) in [5, 5.41) is 11.5. The predicted molar refractivity (Wildman–Crippen MR) is 118 cm³/mol. The molecule has 1 N–H and O–H groups in total. The van der Waals surface area contributed by atoms with Gasteiger partial charge in [-0.1, -0.05) is 30.3 Å². The lowest BCUT2D eigenvalue weighted by Gasteiger charge is -2.18. The van der Waals surface area contributed by atoms with Gasteiger partial charge >= 0.3 is 5.97 Å². The van der Waals surface area contributed by atoms with E-state index in [0.29, 0.717) is 25.4 Å². The number of carboxylic acid groups (broad SMARTS) is 1. The largest absolute Gasteiger partial charge is 0.493 e. The molecule has 1 unspecified atom stereocenters. The van der Waals surface area contributed by atoms with Crippen molar-refractivity contribution in [2.24, 2.45) is 0 Å². The van der Waals surface area contributed by atoms with Gasteiger partial charge < -0.3 is 19.0 Å². The van der Waals surface area contributed by atoms with Gasteiger partial charge in [0.15, 0.2) is 12.0 Å². The van der Waals surface area contributed by atoms with Crippen molar-refractivity contribution in [2.45, 2.75) is 64.6 Å². The van der Waals surface area contributed by atoms with Crippen LogP contribution in [0.2, 0.25) is 0 Å². The maximum atomic E-state index is 11.6. The summed E-state index contributed by atoms with van der Waals surface area (Å²) < 4.78 is 17.5. The smallest absolute Gasteiger partial charge is 0.333 e. The molecule has 1 aromatic heterocycles. The lowest BCUT2D eigenvalue weighted by molar-refractivity contribution is -0.153. The molecule has 0 aliphatic heterocycles. The maximum absolute atomic E-state index is 11.6. The topological polar surface area (TPSA) is 81.8 Å². The average molecular weight is 424 g/mol. The Labute approximate surface area is 182 Å². The Hall–Kier alpha value is -2.86. The number of rotatable bonds is 10. The zero-order valence-corrected chi connectivity index (χ0v) is 18.3. The van der Waals surface area contributed by atoms with Crippen molar-refractivity contribution in [1.82, 2.24) is 4.98 Å². The molecule has 31 heavy (non-hydrogen) atoms. The molecule has 2 aromatic carbocycles. The van der Waals surface area contributed by atoms with Gasteiger partial charge in [-0.05, 0) is 50.6 Å². The van der Waals surface area contributed by atoms with E-state index in [9.17, 15) is 9.90 Å². The van der Waals surface area contributed by atoms with Crippen LogP contribution in [0.25, 0.3) is 10.8 Å². The number of oxazole rings is 1. The Bertz CT molecular complexity index is 1070. The summed E-state index contributed by atoms with van der Waals surface area (Å²) in [6, 6.07) is 11.8. The van der Waals surface area contributed by atoms with E-state index in [-0.39, 0.29) is 6.10 Å². The highest BCUT2D eigenvalue weighted by atomic mass is 16.5. The van der Waals surface area contributed by atoms with Gasteiger partial charge in [0.1, 0.15) is 11.5 Å². The number of aromatic nitrogens is 1. The molecule has 6 nitrogen and oxygen atoms in total. The van der Waals surface area contributed by atoms with Crippen molar-refractivity contribution in [2.75, 3.05) is 6.61 Å². The molecule has 4 rings (SSSR count). The molecule has 1 aliphatic rings. The Morgan fingerprint density at radius 1 is 1.19 bits per heavy atom. The number of carbonyl (C=O) groups is 1. The van der Waals surface area contributed by atoms with Crippen LogP contribution in [0.4, 0.5) is 0 Å². The quantitative estimate of drug-likeness (QED) is 0.491. The molecular weight excluding hydrogens is 394 g/mol. The minimum absolute atomic E-state index is 0.157. The van der Waals surface area contributed by atoms with Gasteiger partial charge in [-0.2, -0.15) is 0 Å². The highest BCUT2D eigenvalue weighted by Gasteiger charge is 2.29. The molecule has 164 valence electrons. The number of hydrogen-bond donors (Lipinski definition) is 1. The molecule has 1 heterocycles. The number of aliphatic carboxylic acids is 1. The number of benzene rings is 2. The van der Waals surface area contributed by atoms with E-state index >= 15 is 0 Å². The summed E-state index contributed by atoms with van der Waals surface area (Å²) in [4.78, 5) is 16.3. The molecular formula is C25H29NO5. The molecule has 6 heteroatoms. The van der Waals surface area contributed by atoms with Crippen LogP contribution < -0.4 is 4.74 Å². The molecule has 0 bridgehead atoms. The van der Waals surface area contributed by atoms with Crippen LogP contribution in [0.3, 0.4) is 0 Å². The average Bonchev–Trinajstić information content (AvgIpc) is 3.52. The van der Waals surface area contributed by atoms with Gasteiger partial charge in [-0.15, -0.1) is 0 Å². The first-order valence-electron chi connectivity index (χ1n) is 10.9. The number of hydrogen-bond acceptors (Lipinski definition) is 5. The summed E-state index contributed by atoms with van der Waals surface area (Å²) in [7, 11) is 0. The first-order chi connectivity index (χ1) is 14.9.